The van der Waals surface area contributed by atoms with E-state index in [1.165, 1.54) is 4.68 Å². The van der Waals surface area contributed by atoms with Gasteiger partial charge >= 0.3 is 5.97 Å². The van der Waals surface area contributed by atoms with E-state index in [1.54, 1.807) is 32.3 Å². The van der Waals surface area contributed by atoms with E-state index in [-0.39, 0.29) is 5.82 Å². The molecule has 0 aromatic carbocycles. The summed E-state index contributed by atoms with van der Waals surface area (Å²) in [7, 11) is 1.64. The zero-order valence-electron chi connectivity index (χ0n) is 9.62. The zero-order chi connectivity index (χ0) is 12.3. The van der Waals surface area contributed by atoms with Crippen LogP contribution in [-0.4, -0.2) is 32.3 Å². The summed E-state index contributed by atoms with van der Waals surface area (Å²) in [5.41, 5.74) is 0.624. The molecule has 2 heterocycles. The van der Waals surface area contributed by atoms with Crippen LogP contribution in [0.5, 0.6) is 0 Å². The molecule has 2 rings (SSSR count). The summed E-state index contributed by atoms with van der Waals surface area (Å²) in [6.45, 7) is 2.05. The second kappa shape index (κ2) is 4.73. The van der Waals surface area contributed by atoms with Crippen LogP contribution in [0.25, 0.3) is 11.5 Å². The molecule has 0 amide bonds. The zero-order valence-corrected chi connectivity index (χ0v) is 9.62. The minimum atomic E-state index is -0.482. The molecule has 0 aliphatic rings. The average molecular weight is 232 g/mol. The fourth-order valence-electron chi connectivity index (χ4n) is 1.36. The highest BCUT2D eigenvalue weighted by molar-refractivity contribution is 5.85. The number of esters is 1. The van der Waals surface area contributed by atoms with Crippen LogP contribution >= 0.6 is 0 Å². The van der Waals surface area contributed by atoms with E-state index in [4.69, 9.17) is 4.74 Å². The number of hydrogen-bond acceptors (Lipinski definition) is 5. The number of hydrogen-bond donors (Lipinski definition) is 0. The van der Waals surface area contributed by atoms with E-state index in [1.807, 2.05) is 6.07 Å². The molecule has 0 bridgehead atoms. The van der Waals surface area contributed by atoms with E-state index >= 15 is 0 Å². The number of ether oxygens (including phenoxy) is 1. The molecule has 17 heavy (non-hydrogen) atoms. The third-order valence-electron chi connectivity index (χ3n) is 2.12. The monoisotopic (exact) mass is 232 g/mol. The molecule has 2 aromatic heterocycles. The van der Waals surface area contributed by atoms with Gasteiger partial charge in [-0.15, -0.1) is 5.10 Å². The number of carbonyl (C=O) groups is 1. The first-order chi connectivity index (χ1) is 8.22. The fraction of sp³-hybridized carbons (Fsp3) is 0.273. The minimum Gasteiger partial charge on any atom is -0.460 e. The van der Waals surface area contributed by atoms with E-state index in [9.17, 15) is 4.79 Å². The molecule has 0 unspecified atom stereocenters. The molecular weight excluding hydrogens is 220 g/mol. The van der Waals surface area contributed by atoms with Crippen LogP contribution in [0.4, 0.5) is 0 Å². The summed E-state index contributed by atoms with van der Waals surface area (Å²) in [6.07, 6.45) is 1.65. The first-order valence-electron chi connectivity index (χ1n) is 5.22. The van der Waals surface area contributed by atoms with Crippen LogP contribution in [0, 0.1) is 0 Å². The van der Waals surface area contributed by atoms with Crippen molar-refractivity contribution < 1.29 is 9.53 Å². The van der Waals surface area contributed by atoms with Crippen LogP contribution < -0.4 is 0 Å². The Balaban J connectivity index is 2.34. The van der Waals surface area contributed by atoms with Gasteiger partial charge in [0.25, 0.3) is 0 Å². The molecule has 6 nitrogen and oxygen atoms in total. The molecule has 88 valence electrons. The van der Waals surface area contributed by atoms with Gasteiger partial charge in [0.2, 0.25) is 11.6 Å². The average Bonchev–Trinajstić information content (AvgIpc) is 2.73. The minimum absolute atomic E-state index is 0.174. The highest BCUT2D eigenvalue weighted by Crippen LogP contribution is 2.11. The van der Waals surface area contributed by atoms with E-state index < -0.39 is 5.97 Å². The van der Waals surface area contributed by atoms with Gasteiger partial charge in [-0.05, 0) is 19.1 Å². The normalized spacial score (nSPS) is 10.2. The first kappa shape index (κ1) is 11.3. The third kappa shape index (κ3) is 2.30. The second-order valence-corrected chi connectivity index (χ2v) is 3.32. The van der Waals surface area contributed by atoms with Gasteiger partial charge in [0, 0.05) is 13.2 Å². The van der Waals surface area contributed by atoms with Crippen molar-refractivity contribution in [3.05, 3.63) is 30.2 Å². The molecule has 0 saturated carbocycles. The van der Waals surface area contributed by atoms with Gasteiger partial charge in [0.05, 0.1) is 6.61 Å². The number of aryl methyl sites for hydroxylation is 1. The highest BCUT2D eigenvalue weighted by Gasteiger charge is 2.17. The molecule has 0 radical (unpaired) electrons. The molecule has 0 aliphatic carbocycles. The largest absolute Gasteiger partial charge is 0.460 e. The van der Waals surface area contributed by atoms with Crippen LogP contribution in [0.15, 0.2) is 24.4 Å². The number of carbonyl (C=O) groups excluding carboxylic acids is 1. The van der Waals surface area contributed by atoms with Gasteiger partial charge in [0.15, 0.2) is 0 Å². The lowest BCUT2D eigenvalue weighted by Gasteiger charge is -1.98. The summed E-state index contributed by atoms with van der Waals surface area (Å²) in [6, 6.07) is 5.42. The van der Waals surface area contributed by atoms with Crippen molar-refractivity contribution in [3.8, 4) is 11.5 Å². The van der Waals surface area contributed by atoms with Gasteiger partial charge < -0.3 is 4.74 Å². The van der Waals surface area contributed by atoms with Gasteiger partial charge in [0.1, 0.15) is 5.69 Å². The first-order valence-corrected chi connectivity index (χ1v) is 5.22. The van der Waals surface area contributed by atoms with Crippen molar-refractivity contribution in [1.29, 1.82) is 0 Å². The lowest BCUT2D eigenvalue weighted by molar-refractivity contribution is 0.0506. The van der Waals surface area contributed by atoms with Crippen molar-refractivity contribution in [3.63, 3.8) is 0 Å². The maximum absolute atomic E-state index is 11.5. The maximum Gasteiger partial charge on any atom is 0.376 e. The molecule has 0 aliphatic heterocycles. The molecule has 0 spiro atoms. The van der Waals surface area contributed by atoms with Crippen molar-refractivity contribution in [2.24, 2.45) is 7.05 Å². The van der Waals surface area contributed by atoms with Crippen molar-refractivity contribution in [1.82, 2.24) is 19.7 Å². The lowest BCUT2D eigenvalue weighted by atomic mass is 10.3. The summed E-state index contributed by atoms with van der Waals surface area (Å²) in [4.78, 5) is 19.8. The lowest BCUT2D eigenvalue weighted by Crippen LogP contribution is -2.11. The van der Waals surface area contributed by atoms with Gasteiger partial charge in [-0.25, -0.2) is 9.48 Å². The molecule has 0 atom stereocenters. The quantitative estimate of drug-likeness (QED) is 0.740. The molecule has 2 aromatic rings. The Morgan fingerprint density at radius 2 is 2.29 bits per heavy atom. The smallest absolute Gasteiger partial charge is 0.376 e. The Morgan fingerprint density at radius 3 is 2.94 bits per heavy atom. The van der Waals surface area contributed by atoms with Gasteiger partial charge in [-0.1, -0.05) is 6.07 Å². The SMILES string of the molecule is CCOC(=O)c1nc(-c2ccccn2)nn1C. The summed E-state index contributed by atoms with van der Waals surface area (Å²) >= 11 is 0. The summed E-state index contributed by atoms with van der Waals surface area (Å²) < 4.78 is 6.27. The van der Waals surface area contributed by atoms with Crippen molar-refractivity contribution >= 4 is 5.97 Å². The predicted octanol–water partition coefficient (Wildman–Crippen LogP) is 1.05. The molecule has 6 heteroatoms. The number of aromatic nitrogens is 4. The Morgan fingerprint density at radius 1 is 1.47 bits per heavy atom. The van der Waals surface area contributed by atoms with Crippen LogP contribution in [0.2, 0.25) is 0 Å². The van der Waals surface area contributed by atoms with Crippen LogP contribution in [0.1, 0.15) is 17.5 Å². The second-order valence-electron chi connectivity index (χ2n) is 3.32. The van der Waals surface area contributed by atoms with Crippen LogP contribution in [-0.2, 0) is 11.8 Å². The Kier molecular flexibility index (Phi) is 3.13. The van der Waals surface area contributed by atoms with Gasteiger partial charge in [-0.2, -0.15) is 4.98 Å². The van der Waals surface area contributed by atoms with Crippen LogP contribution in [0.3, 0.4) is 0 Å². The molecule has 0 fully saturated rings. The molecular formula is C11H12N4O2. The Hall–Kier alpha value is -2.24. The topological polar surface area (TPSA) is 69.9 Å². The standard InChI is InChI=1S/C11H12N4O2/c1-3-17-11(16)10-13-9(14-15(10)2)8-6-4-5-7-12-8/h4-7H,3H2,1-2H3. The predicted molar refractivity (Wildman–Crippen MR) is 60.2 cm³/mol. The Labute approximate surface area is 98.3 Å². The molecule has 0 N–H and O–H groups in total. The number of pyridine rings is 1. The van der Waals surface area contributed by atoms with Crippen molar-refractivity contribution in [2.45, 2.75) is 6.92 Å². The van der Waals surface area contributed by atoms with E-state index in [0.717, 1.165) is 0 Å². The third-order valence-corrected chi connectivity index (χ3v) is 2.12. The summed E-state index contributed by atoms with van der Waals surface area (Å²) in [5, 5.41) is 4.13. The van der Waals surface area contributed by atoms with E-state index in [0.29, 0.717) is 18.1 Å². The van der Waals surface area contributed by atoms with Gasteiger partial charge in [-0.3, -0.25) is 4.98 Å². The van der Waals surface area contributed by atoms with Crippen molar-refractivity contribution in [2.75, 3.05) is 6.61 Å². The van der Waals surface area contributed by atoms with E-state index in [2.05, 4.69) is 15.1 Å². The fourth-order valence-corrected chi connectivity index (χ4v) is 1.36. The maximum atomic E-state index is 11.5. The highest BCUT2D eigenvalue weighted by atomic mass is 16.5. The number of rotatable bonds is 3. The number of nitrogens with zero attached hydrogens (tertiary/aromatic N) is 4. The summed E-state index contributed by atoms with van der Waals surface area (Å²) in [5.74, 6) is 0.105. The Bertz CT molecular complexity index is 522. The molecule has 0 saturated heterocycles.